The van der Waals surface area contributed by atoms with E-state index in [2.05, 4.69) is 26.2 Å². The zero-order valence-electron chi connectivity index (χ0n) is 17.9. The van der Waals surface area contributed by atoms with Crippen LogP contribution in [0.25, 0.3) is 0 Å². The molecule has 4 rings (SSSR count). The highest BCUT2D eigenvalue weighted by Crippen LogP contribution is 2.36. The number of morpholine rings is 1. The molecule has 1 aromatic carbocycles. The lowest BCUT2D eigenvalue weighted by Gasteiger charge is -2.35. The van der Waals surface area contributed by atoms with E-state index in [9.17, 15) is 14.7 Å². The molecule has 9 nitrogen and oxygen atoms in total. The van der Waals surface area contributed by atoms with Crippen molar-refractivity contribution in [2.75, 3.05) is 32.9 Å². The van der Waals surface area contributed by atoms with Crippen LogP contribution in [0.1, 0.15) is 23.5 Å². The molecule has 2 unspecified atom stereocenters. The van der Waals surface area contributed by atoms with Crippen LogP contribution in [0.5, 0.6) is 0 Å². The number of hydrogen-bond acceptors (Lipinski definition) is 9. The van der Waals surface area contributed by atoms with Crippen LogP contribution in [0.15, 0.2) is 56.6 Å². The third kappa shape index (κ3) is 5.16. The number of nitrogens with one attached hydrogen (secondary N) is 1. The number of aliphatic imine (C=N–C) groups is 1. The number of benzene rings is 1. The number of amidine groups is 1. The number of rotatable bonds is 7. The van der Waals surface area contributed by atoms with Gasteiger partial charge in [-0.15, -0.1) is 11.3 Å². The number of carbonyl (C=O) groups excluding carboxylic acids is 1. The van der Waals surface area contributed by atoms with Crippen LogP contribution in [0.4, 0.5) is 0 Å². The van der Waals surface area contributed by atoms with E-state index in [4.69, 9.17) is 14.5 Å². The predicted molar refractivity (Wildman–Crippen MR) is 126 cm³/mol. The average molecular weight is 535 g/mol. The maximum Gasteiger partial charge on any atom is 0.338 e. The zero-order valence-corrected chi connectivity index (χ0v) is 20.3. The smallest absolute Gasteiger partial charge is 0.338 e. The van der Waals surface area contributed by atoms with E-state index in [0.29, 0.717) is 35.3 Å². The Morgan fingerprint density at radius 3 is 2.91 bits per heavy atom. The summed E-state index contributed by atoms with van der Waals surface area (Å²) in [6.45, 7) is 3.05. The Balaban J connectivity index is 1.82. The van der Waals surface area contributed by atoms with Crippen molar-refractivity contribution >= 4 is 45.0 Å². The van der Waals surface area contributed by atoms with Gasteiger partial charge in [0, 0.05) is 34.8 Å². The summed E-state index contributed by atoms with van der Waals surface area (Å²) in [6, 6.07) is 6.08. The molecule has 0 saturated carbocycles. The molecule has 2 N–H and O–H groups in total. The molecule has 0 bridgehead atoms. The fourth-order valence-electron chi connectivity index (χ4n) is 3.80. The molecular weight excluding hydrogens is 512 g/mol. The van der Waals surface area contributed by atoms with Gasteiger partial charge in [0.1, 0.15) is 12.1 Å². The highest BCUT2D eigenvalue weighted by Gasteiger charge is 2.37. The summed E-state index contributed by atoms with van der Waals surface area (Å²) in [5, 5.41) is 15.5. The molecule has 11 heteroatoms. The van der Waals surface area contributed by atoms with Crippen LogP contribution < -0.4 is 5.32 Å². The lowest BCUT2D eigenvalue weighted by molar-refractivity contribution is -0.149. The van der Waals surface area contributed by atoms with Crippen LogP contribution in [0.3, 0.4) is 0 Å². The second kappa shape index (κ2) is 10.6. The normalized spacial score (nSPS) is 21.3. The lowest BCUT2D eigenvalue weighted by atomic mass is 9.95. The minimum absolute atomic E-state index is 0.0818. The van der Waals surface area contributed by atoms with E-state index >= 15 is 0 Å². The van der Waals surface area contributed by atoms with E-state index in [1.165, 1.54) is 11.3 Å². The average Bonchev–Trinajstić information content (AvgIpc) is 3.34. The quantitative estimate of drug-likeness (QED) is 0.521. The summed E-state index contributed by atoms with van der Waals surface area (Å²) >= 11 is 5.00. The number of thiazole rings is 1. The van der Waals surface area contributed by atoms with Gasteiger partial charge in [-0.3, -0.25) is 14.7 Å². The van der Waals surface area contributed by atoms with Gasteiger partial charge in [0.15, 0.2) is 10.8 Å². The van der Waals surface area contributed by atoms with Crippen molar-refractivity contribution in [2.45, 2.75) is 19.0 Å². The molecule has 3 heterocycles. The summed E-state index contributed by atoms with van der Waals surface area (Å²) in [5.41, 5.74) is 1.69. The Bertz CT molecular complexity index is 1090. The summed E-state index contributed by atoms with van der Waals surface area (Å²) in [4.78, 5) is 36.0. The largest absolute Gasteiger partial charge is 0.480 e. The van der Waals surface area contributed by atoms with Crippen LogP contribution in [-0.4, -0.2) is 71.7 Å². The van der Waals surface area contributed by atoms with Crippen molar-refractivity contribution in [1.29, 1.82) is 0 Å². The summed E-state index contributed by atoms with van der Waals surface area (Å²) in [5.74, 6) is -0.947. The van der Waals surface area contributed by atoms with Gasteiger partial charge < -0.3 is 19.9 Å². The Kier molecular flexibility index (Phi) is 7.53. The highest BCUT2D eigenvalue weighted by atomic mass is 79.9. The number of aromatic nitrogens is 1. The predicted octanol–water partition coefficient (Wildman–Crippen LogP) is 2.60. The number of esters is 1. The fourth-order valence-corrected chi connectivity index (χ4v) is 4.89. The number of ether oxygens (including phenoxy) is 2. The van der Waals surface area contributed by atoms with Gasteiger partial charge in [0.2, 0.25) is 0 Å². The maximum absolute atomic E-state index is 13.2. The van der Waals surface area contributed by atoms with Gasteiger partial charge in [-0.1, -0.05) is 34.1 Å². The Labute approximate surface area is 203 Å². The van der Waals surface area contributed by atoms with E-state index < -0.39 is 24.0 Å². The number of carboxylic acids is 1. The van der Waals surface area contributed by atoms with E-state index in [1.54, 1.807) is 18.0 Å². The first-order chi connectivity index (χ1) is 16.0. The molecule has 2 aliphatic rings. The molecule has 2 atom stereocenters. The lowest BCUT2D eigenvalue weighted by Crippen LogP contribution is -2.52. The first kappa shape index (κ1) is 23.6. The molecule has 1 fully saturated rings. The van der Waals surface area contributed by atoms with Gasteiger partial charge >= 0.3 is 11.9 Å². The van der Waals surface area contributed by atoms with Crippen molar-refractivity contribution in [3.8, 4) is 0 Å². The minimum Gasteiger partial charge on any atom is -0.480 e. The number of aliphatic carboxylic acids is 1. The number of nitrogens with zero attached hydrogens (tertiary/aromatic N) is 3. The van der Waals surface area contributed by atoms with E-state index in [0.717, 1.165) is 10.0 Å². The van der Waals surface area contributed by atoms with Crippen LogP contribution >= 0.6 is 27.3 Å². The molecule has 2 aromatic rings. The van der Waals surface area contributed by atoms with Crippen LogP contribution in [0.2, 0.25) is 0 Å². The van der Waals surface area contributed by atoms with Gasteiger partial charge in [0.25, 0.3) is 0 Å². The SMILES string of the molecule is CCOC(=O)C1=C(CN2CCOCC2C(=O)O)NC(c2nccs2)=NC1c1ccccc1Br. The fraction of sp³-hybridized carbons (Fsp3) is 0.364. The van der Waals surface area contributed by atoms with E-state index in [-0.39, 0.29) is 19.8 Å². The molecule has 174 valence electrons. The maximum atomic E-state index is 13.2. The second-order valence-electron chi connectivity index (χ2n) is 7.38. The molecule has 1 saturated heterocycles. The number of carbonyl (C=O) groups is 2. The molecule has 2 aliphatic heterocycles. The van der Waals surface area contributed by atoms with Gasteiger partial charge in [-0.2, -0.15) is 0 Å². The van der Waals surface area contributed by atoms with Crippen molar-refractivity contribution in [2.24, 2.45) is 4.99 Å². The number of carboxylic acid groups (broad SMARTS) is 1. The third-order valence-corrected chi connectivity index (χ3v) is 6.84. The first-order valence-electron chi connectivity index (χ1n) is 10.4. The minimum atomic E-state index is -0.972. The van der Waals surface area contributed by atoms with Crippen molar-refractivity contribution < 1.29 is 24.2 Å². The Morgan fingerprint density at radius 1 is 1.39 bits per heavy atom. The Morgan fingerprint density at radius 2 is 2.21 bits per heavy atom. The molecule has 33 heavy (non-hydrogen) atoms. The van der Waals surface area contributed by atoms with Crippen molar-refractivity contribution in [1.82, 2.24) is 15.2 Å². The number of halogens is 1. The molecule has 0 aliphatic carbocycles. The highest BCUT2D eigenvalue weighted by molar-refractivity contribution is 9.10. The number of hydrogen-bond donors (Lipinski definition) is 2. The van der Waals surface area contributed by atoms with E-state index in [1.807, 2.05) is 29.6 Å². The summed E-state index contributed by atoms with van der Waals surface area (Å²) in [6.07, 6.45) is 1.68. The summed E-state index contributed by atoms with van der Waals surface area (Å²) in [7, 11) is 0. The molecule has 1 aromatic heterocycles. The Hall–Kier alpha value is -2.60. The van der Waals surface area contributed by atoms with Crippen molar-refractivity contribution in [3.63, 3.8) is 0 Å². The third-order valence-electron chi connectivity index (χ3n) is 5.34. The molecule has 0 spiro atoms. The molecule has 0 amide bonds. The van der Waals surface area contributed by atoms with Crippen LogP contribution in [-0.2, 0) is 19.1 Å². The monoisotopic (exact) mass is 534 g/mol. The molecular formula is C22H23BrN4O5S. The van der Waals surface area contributed by atoms with Crippen LogP contribution in [0, 0.1) is 0 Å². The zero-order chi connectivity index (χ0) is 23.4. The second-order valence-corrected chi connectivity index (χ2v) is 9.13. The standard InChI is InChI=1S/C22H23BrN4O5S/c1-2-32-22(30)17-15(11-27-8-9-31-12-16(27)21(28)29)25-19(20-24-7-10-33-20)26-18(17)13-5-3-4-6-14(13)23/h3-7,10,16,18H,2,8-9,11-12H2,1H3,(H,25,26)(H,28,29). The van der Waals surface area contributed by atoms with Crippen molar-refractivity contribution in [3.05, 3.63) is 62.2 Å². The van der Waals surface area contributed by atoms with Gasteiger partial charge in [0.05, 0.1) is 25.4 Å². The molecule has 0 radical (unpaired) electrons. The first-order valence-corrected chi connectivity index (χ1v) is 12.1. The van der Waals surface area contributed by atoms with Gasteiger partial charge in [-0.05, 0) is 18.6 Å². The van der Waals surface area contributed by atoms with Gasteiger partial charge in [-0.25, -0.2) is 9.78 Å². The summed E-state index contributed by atoms with van der Waals surface area (Å²) < 4.78 is 11.6. The topological polar surface area (TPSA) is 113 Å².